The lowest BCUT2D eigenvalue weighted by Crippen LogP contribution is -2.48. The van der Waals surface area contributed by atoms with E-state index in [1.807, 2.05) is 29.2 Å². The summed E-state index contributed by atoms with van der Waals surface area (Å²) in [6.45, 7) is 3.11. The minimum Gasteiger partial charge on any atom is -0.490 e. The summed E-state index contributed by atoms with van der Waals surface area (Å²) in [6.07, 6.45) is -0.217. The highest BCUT2D eigenvalue weighted by molar-refractivity contribution is 5.82. The first-order valence-corrected chi connectivity index (χ1v) is 8.82. The molecule has 1 atom stereocenters. The molecule has 1 saturated heterocycles. The monoisotopic (exact) mass is 356 g/mol. The quantitative estimate of drug-likeness (QED) is 0.848. The summed E-state index contributed by atoms with van der Waals surface area (Å²) >= 11 is 0. The van der Waals surface area contributed by atoms with Crippen molar-refractivity contribution in [2.45, 2.75) is 6.10 Å². The van der Waals surface area contributed by atoms with Gasteiger partial charge in [-0.25, -0.2) is 4.39 Å². The maximum atomic E-state index is 13.1. The summed E-state index contributed by atoms with van der Waals surface area (Å²) in [5.41, 5.74) is 1.84. The van der Waals surface area contributed by atoms with E-state index in [1.165, 1.54) is 12.1 Å². The number of carbonyl (C=O) groups is 1. The summed E-state index contributed by atoms with van der Waals surface area (Å²) in [5, 5.41) is 0. The first kappa shape index (κ1) is 16.8. The lowest BCUT2D eigenvalue weighted by atomic mass is 10.1. The van der Waals surface area contributed by atoms with Gasteiger partial charge >= 0.3 is 0 Å². The van der Waals surface area contributed by atoms with E-state index in [1.54, 1.807) is 12.1 Å². The van der Waals surface area contributed by atoms with E-state index < -0.39 is 0 Å². The number of halogens is 1. The van der Waals surface area contributed by atoms with Crippen molar-refractivity contribution in [3.63, 3.8) is 0 Å². The molecule has 2 aliphatic heterocycles. The van der Waals surface area contributed by atoms with E-state index in [4.69, 9.17) is 9.47 Å². The molecule has 0 bridgehead atoms. The molecule has 0 radical (unpaired) electrons. The van der Waals surface area contributed by atoms with Crippen molar-refractivity contribution >= 4 is 11.6 Å². The smallest absolute Gasteiger partial charge is 0.242 e. The number of ether oxygens (including phenoxy) is 2. The molecule has 0 spiro atoms. The van der Waals surface area contributed by atoms with Crippen LogP contribution in [0.25, 0.3) is 0 Å². The number of morpholine rings is 1. The molecule has 4 rings (SSSR count). The minimum atomic E-state index is -0.275. The van der Waals surface area contributed by atoms with E-state index >= 15 is 0 Å². The topological polar surface area (TPSA) is 42.0 Å². The molecule has 2 aliphatic rings. The second-order valence-electron chi connectivity index (χ2n) is 6.49. The predicted molar refractivity (Wildman–Crippen MR) is 95.8 cm³/mol. The van der Waals surface area contributed by atoms with Gasteiger partial charge in [0.2, 0.25) is 5.91 Å². The zero-order valence-corrected chi connectivity index (χ0v) is 14.4. The van der Waals surface area contributed by atoms with Gasteiger partial charge in [-0.15, -0.1) is 0 Å². The molecule has 2 aromatic rings. The highest BCUT2D eigenvalue weighted by Crippen LogP contribution is 2.31. The number of rotatable bonds is 3. The molecule has 0 aliphatic carbocycles. The van der Waals surface area contributed by atoms with Crippen molar-refractivity contribution in [1.82, 2.24) is 4.90 Å². The lowest BCUT2D eigenvalue weighted by Gasteiger charge is -2.36. The number of fused-ring (bicyclic) bond motifs is 1. The zero-order valence-electron chi connectivity index (χ0n) is 14.4. The van der Waals surface area contributed by atoms with Gasteiger partial charge in [0.05, 0.1) is 31.9 Å². The fraction of sp³-hybridized carbons (Fsp3) is 0.350. The third-order valence-electron chi connectivity index (χ3n) is 4.81. The van der Waals surface area contributed by atoms with Gasteiger partial charge < -0.3 is 19.3 Å². The maximum Gasteiger partial charge on any atom is 0.242 e. The number of benzene rings is 2. The Morgan fingerprint density at radius 3 is 2.73 bits per heavy atom. The van der Waals surface area contributed by atoms with Crippen LogP contribution < -0.4 is 9.64 Å². The fourth-order valence-corrected chi connectivity index (χ4v) is 3.41. The molecule has 136 valence electrons. The number of hydrogen-bond acceptors (Lipinski definition) is 4. The molecule has 0 aromatic heterocycles. The highest BCUT2D eigenvalue weighted by Gasteiger charge is 2.28. The Labute approximate surface area is 151 Å². The van der Waals surface area contributed by atoms with E-state index in [0.717, 1.165) is 17.0 Å². The standard InChI is InChI=1S/C20H21FN2O3/c21-16-7-5-15(6-8-16)19-13-23(10-12-26-19)20(24)14-22-9-11-25-18-4-2-1-3-17(18)22/h1-8,19H,9-14H2. The van der Waals surface area contributed by atoms with Gasteiger partial charge in [-0.05, 0) is 29.8 Å². The van der Waals surface area contributed by atoms with E-state index in [9.17, 15) is 9.18 Å². The highest BCUT2D eigenvalue weighted by atomic mass is 19.1. The molecule has 6 heteroatoms. The molecule has 2 heterocycles. The van der Waals surface area contributed by atoms with Crippen LogP contribution in [0.5, 0.6) is 5.75 Å². The van der Waals surface area contributed by atoms with Gasteiger partial charge in [-0.3, -0.25) is 4.79 Å². The minimum absolute atomic E-state index is 0.0668. The summed E-state index contributed by atoms with van der Waals surface area (Å²) in [5.74, 6) is 0.610. The molecule has 5 nitrogen and oxygen atoms in total. The molecule has 26 heavy (non-hydrogen) atoms. The van der Waals surface area contributed by atoms with Crippen LogP contribution in [-0.4, -0.2) is 50.2 Å². The number of amides is 1. The van der Waals surface area contributed by atoms with Crippen molar-refractivity contribution in [3.05, 3.63) is 59.9 Å². The van der Waals surface area contributed by atoms with Crippen LogP contribution in [0.4, 0.5) is 10.1 Å². The van der Waals surface area contributed by atoms with Gasteiger partial charge in [0, 0.05) is 6.54 Å². The summed E-state index contributed by atoms with van der Waals surface area (Å²) in [6, 6.07) is 14.0. The van der Waals surface area contributed by atoms with Crippen molar-refractivity contribution in [1.29, 1.82) is 0 Å². The molecule has 0 N–H and O–H groups in total. The van der Waals surface area contributed by atoms with Gasteiger partial charge in [0.25, 0.3) is 0 Å². The number of nitrogens with zero attached hydrogens (tertiary/aromatic N) is 2. The second kappa shape index (κ2) is 7.33. The van der Waals surface area contributed by atoms with Crippen molar-refractivity contribution in [2.75, 3.05) is 44.3 Å². The summed E-state index contributed by atoms with van der Waals surface area (Å²) < 4.78 is 24.5. The zero-order chi connectivity index (χ0) is 17.9. The van der Waals surface area contributed by atoms with Gasteiger partial charge in [0.15, 0.2) is 0 Å². The molecule has 1 fully saturated rings. The molecule has 0 saturated carbocycles. The van der Waals surface area contributed by atoms with Gasteiger partial charge in [0.1, 0.15) is 24.3 Å². The molecular formula is C20H21FN2O3. The normalized spacial score (nSPS) is 19.7. The van der Waals surface area contributed by atoms with Gasteiger partial charge in [-0.2, -0.15) is 0 Å². The van der Waals surface area contributed by atoms with Crippen LogP contribution >= 0.6 is 0 Å². The number of anilines is 1. The van der Waals surface area contributed by atoms with Crippen molar-refractivity contribution in [2.24, 2.45) is 0 Å². The largest absolute Gasteiger partial charge is 0.490 e. The SMILES string of the molecule is O=C(CN1CCOc2ccccc21)N1CCOC(c2ccc(F)cc2)C1. The van der Waals surface area contributed by atoms with E-state index in [0.29, 0.717) is 39.4 Å². The van der Waals surface area contributed by atoms with Gasteiger partial charge in [-0.1, -0.05) is 24.3 Å². The Bertz CT molecular complexity index is 781. The number of hydrogen-bond donors (Lipinski definition) is 0. The van der Waals surface area contributed by atoms with Crippen molar-refractivity contribution < 1.29 is 18.7 Å². The summed E-state index contributed by atoms with van der Waals surface area (Å²) in [7, 11) is 0. The average molecular weight is 356 g/mol. The first-order chi connectivity index (χ1) is 12.7. The number of para-hydroxylation sites is 2. The second-order valence-corrected chi connectivity index (χ2v) is 6.49. The van der Waals surface area contributed by atoms with E-state index in [-0.39, 0.29) is 17.8 Å². The van der Waals surface area contributed by atoms with Crippen LogP contribution in [0, 0.1) is 5.82 Å². The fourth-order valence-electron chi connectivity index (χ4n) is 3.41. The lowest BCUT2D eigenvalue weighted by molar-refractivity contribution is -0.137. The summed E-state index contributed by atoms with van der Waals surface area (Å²) in [4.78, 5) is 16.7. The Morgan fingerprint density at radius 2 is 1.88 bits per heavy atom. The predicted octanol–water partition coefficient (Wildman–Crippen LogP) is 2.62. The Balaban J connectivity index is 1.43. The molecule has 1 unspecified atom stereocenters. The number of carbonyl (C=O) groups excluding carboxylic acids is 1. The van der Waals surface area contributed by atoms with Crippen LogP contribution in [0.2, 0.25) is 0 Å². The Kier molecular flexibility index (Phi) is 4.75. The van der Waals surface area contributed by atoms with E-state index in [2.05, 4.69) is 4.90 Å². The molecular weight excluding hydrogens is 335 g/mol. The van der Waals surface area contributed by atoms with Crippen LogP contribution in [0.1, 0.15) is 11.7 Å². The third-order valence-corrected chi connectivity index (χ3v) is 4.81. The Morgan fingerprint density at radius 1 is 1.08 bits per heavy atom. The average Bonchev–Trinajstić information content (AvgIpc) is 2.69. The van der Waals surface area contributed by atoms with Crippen LogP contribution in [0.15, 0.2) is 48.5 Å². The molecule has 2 aromatic carbocycles. The Hall–Kier alpha value is -2.60. The third kappa shape index (κ3) is 3.51. The molecule has 1 amide bonds. The maximum absolute atomic E-state index is 13.1. The van der Waals surface area contributed by atoms with Crippen molar-refractivity contribution in [3.8, 4) is 5.75 Å². The van der Waals surface area contributed by atoms with Crippen LogP contribution in [0.3, 0.4) is 0 Å². The van der Waals surface area contributed by atoms with Crippen LogP contribution in [-0.2, 0) is 9.53 Å². The first-order valence-electron chi connectivity index (χ1n) is 8.82.